The molecule has 164 valence electrons. The lowest BCUT2D eigenvalue weighted by Gasteiger charge is -2.28. The first kappa shape index (κ1) is 24.0. The van der Waals surface area contributed by atoms with Gasteiger partial charge in [-0.05, 0) is 48.2 Å². The molecule has 2 rings (SSSR count). The van der Waals surface area contributed by atoms with E-state index in [0.29, 0.717) is 10.7 Å². The van der Waals surface area contributed by atoms with Crippen LogP contribution in [-0.4, -0.2) is 39.8 Å². The molecule has 0 fully saturated rings. The Balaban J connectivity index is 2.01. The maximum atomic E-state index is 12.6. The van der Waals surface area contributed by atoms with Crippen molar-refractivity contribution in [2.24, 2.45) is 0 Å². The topological polar surface area (TPSA) is 75.7 Å². The van der Waals surface area contributed by atoms with Gasteiger partial charge < -0.3 is 10.1 Å². The lowest BCUT2D eigenvalue weighted by molar-refractivity contribution is -0.121. The molecule has 30 heavy (non-hydrogen) atoms. The molecule has 2 aromatic carbocycles. The zero-order chi connectivity index (χ0) is 22.5. The molecule has 0 aliphatic heterocycles. The Labute approximate surface area is 184 Å². The Morgan fingerprint density at radius 3 is 2.30 bits per heavy atom. The number of nitrogens with zero attached hydrogens (tertiary/aromatic N) is 1. The molecule has 0 aromatic heterocycles. The summed E-state index contributed by atoms with van der Waals surface area (Å²) in [5.41, 5.74) is 1.39. The first-order valence-corrected chi connectivity index (χ1v) is 11.9. The van der Waals surface area contributed by atoms with Gasteiger partial charge in [0.15, 0.2) is 0 Å². The number of halogens is 1. The first-order valence-electron chi connectivity index (χ1n) is 9.66. The molecule has 0 aliphatic rings. The van der Waals surface area contributed by atoms with Crippen molar-refractivity contribution in [1.82, 2.24) is 5.32 Å². The number of ether oxygens (including phenoxy) is 1. The van der Waals surface area contributed by atoms with Crippen LogP contribution >= 0.6 is 11.6 Å². The van der Waals surface area contributed by atoms with Gasteiger partial charge in [-0.25, -0.2) is 8.42 Å². The van der Waals surface area contributed by atoms with Crippen molar-refractivity contribution in [2.75, 3.05) is 23.7 Å². The van der Waals surface area contributed by atoms with E-state index < -0.39 is 22.0 Å². The molecule has 0 saturated heterocycles. The van der Waals surface area contributed by atoms with Crippen LogP contribution < -0.4 is 14.4 Å². The quantitative estimate of drug-likeness (QED) is 0.614. The molecule has 0 radical (unpaired) electrons. The van der Waals surface area contributed by atoms with Gasteiger partial charge in [0.2, 0.25) is 15.9 Å². The highest BCUT2D eigenvalue weighted by Crippen LogP contribution is 2.30. The number of hydrogen-bond acceptors (Lipinski definition) is 4. The van der Waals surface area contributed by atoms with Gasteiger partial charge in [-0.15, -0.1) is 0 Å². The van der Waals surface area contributed by atoms with E-state index in [1.807, 2.05) is 24.3 Å². The van der Waals surface area contributed by atoms with E-state index in [-0.39, 0.29) is 18.6 Å². The number of hydrogen-bond donors (Lipinski definition) is 1. The summed E-state index contributed by atoms with van der Waals surface area (Å²) in [5.74, 6) is 0.356. The average molecular weight is 453 g/mol. The van der Waals surface area contributed by atoms with Crippen LogP contribution in [0.1, 0.15) is 33.3 Å². The molecule has 1 amide bonds. The summed E-state index contributed by atoms with van der Waals surface area (Å²) < 4.78 is 31.5. The minimum absolute atomic E-state index is 0.0665. The van der Waals surface area contributed by atoms with Gasteiger partial charge in [0.05, 0.1) is 18.5 Å². The predicted octanol–water partition coefficient (Wildman–Crippen LogP) is 3.99. The van der Waals surface area contributed by atoms with Crippen molar-refractivity contribution in [3.8, 4) is 5.75 Å². The molecular weight excluding hydrogens is 424 g/mol. The number of amides is 1. The van der Waals surface area contributed by atoms with Crippen LogP contribution in [0, 0.1) is 0 Å². The van der Waals surface area contributed by atoms with E-state index in [0.717, 1.165) is 21.9 Å². The second kappa shape index (κ2) is 9.71. The Kier molecular flexibility index (Phi) is 7.77. The molecule has 0 bridgehead atoms. The second-order valence-electron chi connectivity index (χ2n) is 8.10. The Hall–Kier alpha value is -2.25. The zero-order valence-electron chi connectivity index (χ0n) is 18.0. The Bertz CT molecular complexity index is 969. The Morgan fingerprint density at radius 2 is 1.73 bits per heavy atom. The van der Waals surface area contributed by atoms with Gasteiger partial charge >= 0.3 is 0 Å². The van der Waals surface area contributed by atoms with E-state index in [9.17, 15) is 13.2 Å². The summed E-state index contributed by atoms with van der Waals surface area (Å²) in [7, 11) is -3.67. The van der Waals surface area contributed by atoms with Gasteiger partial charge in [0.25, 0.3) is 0 Å². The minimum atomic E-state index is -3.67. The standard InChI is InChI=1S/C22H29ClN2O4S/c1-16(25(30(5,27)28)18-12-10-17(23)11-13-18)21(26)24-14-15-29-20-9-7-6-8-19(20)22(2,3)4/h6-13,16H,14-15H2,1-5H3,(H,24,26)/t16-/m0/s1. The first-order chi connectivity index (χ1) is 13.9. The van der Waals surface area contributed by atoms with Crippen LogP contribution in [0.5, 0.6) is 5.75 Å². The second-order valence-corrected chi connectivity index (χ2v) is 10.4. The summed E-state index contributed by atoms with van der Waals surface area (Å²) >= 11 is 5.89. The molecule has 6 nitrogen and oxygen atoms in total. The van der Waals surface area contributed by atoms with E-state index >= 15 is 0 Å². The molecule has 0 saturated carbocycles. The number of sulfonamides is 1. The van der Waals surface area contributed by atoms with Crippen LogP contribution in [0.4, 0.5) is 5.69 Å². The fraction of sp³-hybridized carbons (Fsp3) is 0.409. The van der Waals surface area contributed by atoms with E-state index in [1.165, 1.54) is 0 Å². The number of anilines is 1. The molecule has 8 heteroatoms. The summed E-state index contributed by atoms with van der Waals surface area (Å²) in [5, 5.41) is 3.23. The summed E-state index contributed by atoms with van der Waals surface area (Å²) in [6.07, 6.45) is 1.07. The number of benzene rings is 2. The number of rotatable bonds is 8. The van der Waals surface area contributed by atoms with Crippen molar-refractivity contribution >= 4 is 33.2 Å². The van der Waals surface area contributed by atoms with E-state index in [2.05, 4.69) is 26.1 Å². The number of nitrogens with one attached hydrogen (secondary N) is 1. The smallest absolute Gasteiger partial charge is 0.243 e. The highest BCUT2D eigenvalue weighted by molar-refractivity contribution is 7.92. The molecular formula is C22H29ClN2O4S. The van der Waals surface area contributed by atoms with Crippen LogP contribution in [-0.2, 0) is 20.2 Å². The molecule has 0 heterocycles. The molecule has 0 aliphatic carbocycles. The largest absolute Gasteiger partial charge is 0.491 e. The van der Waals surface area contributed by atoms with Crippen LogP contribution in [0.25, 0.3) is 0 Å². The van der Waals surface area contributed by atoms with Crippen LogP contribution in [0.2, 0.25) is 5.02 Å². The molecule has 1 N–H and O–H groups in total. The van der Waals surface area contributed by atoms with E-state index in [4.69, 9.17) is 16.3 Å². The van der Waals surface area contributed by atoms with Gasteiger partial charge in [-0.2, -0.15) is 0 Å². The van der Waals surface area contributed by atoms with Gasteiger partial charge in [-0.1, -0.05) is 50.6 Å². The van der Waals surface area contributed by atoms with Crippen LogP contribution in [0.15, 0.2) is 48.5 Å². The van der Waals surface area contributed by atoms with Crippen LogP contribution in [0.3, 0.4) is 0 Å². The maximum Gasteiger partial charge on any atom is 0.243 e. The lowest BCUT2D eigenvalue weighted by atomic mass is 9.86. The summed E-state index contributed by atoms with van der Waals surface area (Å²) in [6.45, 7) is 8.38. The molecule has 2 aromatic rings. The van der Waals surface area contributed by atoms with Crippen molar-refractivity contribution in [3.05, 3.63) is 59.1 Å². The minimum Gasteiger partial charge on any atom is -0.491 e. The maximum absolute atomic E-state index is 12.6. The van der Waals surface area contributed by atoms with Gasteiger partial charge in [0, 0.05) is 5.02 Å². The molecule has 1 atom stereocenters. The highest BCUT2D eigenvalue weighted by atomic mass is 35.5. The third kappa shape index (κ3) is 6.37. The Morgan fingerprint density at radius 1 is 1.13 bits per heavy atom. The average Bonchev–Trinajstić information content (AvgIpc) is 2.65. The monoisotopic (exact) mass is 452 g/mol. The normalized spacial score (nSPS) is 12.9. The summed E-state index contributed by atoms with van der Waals surface area (Å²) in [4.78, 5) is 12.6. The predicted molar refractivity (Wildman–Crippen MR) is 122 cm³/mol. The summed E-state index contributed by atoms with van der Waals surface area (Å²) in [6, 6.07) is 13.2. The highest BCUT2D eigenvalue weighted by Gasteiger charge is 2.29. The third-order valence-corrected chi connectivity index (χ3v) is 6.02. The SMILES string of the molecule is C[C@@H](C(=O)NCCOc1ccccc1C(C)(C)C)N(c1ccc(Cl)cc1)S(C)(=O)=O. The number of carbonyl (C=O) groups is 1. The number of carbonyl (C=O) groups excluding carboxylic acids is 1. The molecule has 0 unspecified atom stereocenters. The van der Waals surface area contributed by atoms with Crippen molar-refractivity contribution in [2.45, 2.75) is 39.2 Å². The zero-order valence-corrected chi connectivity index (χ0v) is 19.5. The third-order valence-electron chi connectivity index (χ3n) is 4.52. The number of para-hydroxylation sites is 1. The van der Waals surface area contributed by atoms with Crippen molar-refractivity contribution < 1.29 is 17.9 Å². The van der Waals surface area contributed by atoms with E-state index in [1.54, 1.807) is 31.2 Å². The van der Waals surface area contributed by atoms with Gasteiger partial charge in [-0.3, -0.25) is 9.10 Å². The molecule has 0 spiro atoms. The lowest BCUT2D eigenvalue weighted by Crippen LogP contribution is -2.48. The fourth-order valence-electron chi connectivity index (χ4n) is 3.09. The van der Waals surface area contributed by atoms with Crippen molar-refractivity contribution in [3.63, 3.8) is 0 Å². The van der Waals surface area contributed by atoms with Gasteiger partial charge in [0.1, 0.15) is 18.4 Å². The van der Waals surface area contributed by atoms with Crippen molar-refractivity contribution in [1.29, 1.82) is 0 Å². The fourth-order valence-corrected chi connectivity index (χ4v) is 4.39.